The van der Waals surface area contributed by atoms with Gasteiger partial charge >= 0.3 is 0 Å². The van der Waals surface area contributed by atoms with Crippen LogP contribution in [0.4, 0.5) is 11.4 Å². The van der Waals surface area contributed by atoms with Gasteiger partial charge in [0.2, 0.25) is 5.91 Å². The molecule has 2 aromatic rings. The molecule has 0 aliphatic heterocycles. The minimum absolute atomic E-state index is 0.116. The van der Waals surface area contributed by atoms with E-state index in [1.165, 1.54) is 11.1 Å². The number of hydrogen-bond acceptors (Lipinski definition) is 4. The van der Waals surface area contributed by atoms with Crippen molar-refractivity contribution in [1.82, 2.24) is 4.98 Å². The van der Waals surface area contributed by atoms with Gasteiger partial charge in [-0.2, -0.15) is 0 Å². The van der Waals surface area contributed by atoms with E-state index in [-0.39, 0.29) is 18.1 Å². The number of rotatable bonds is 3. The Morgan fingerprint density at radius 1 is 1.37 bits per heavy atom. The minimum atomic E-state index is -0.153. The Balaban J connectivity index is 2.17. The Morgan fingerprint density at radius 3 is 2.79 bits per heavy atom. The highest BCUT2D eigenvalue weighted by atomic mass is 16.3. The minimum Gasteiger partial charge on any atom is -0.508 e. The Bertz CT molecular complexity index is 599. The van der Waals surface area contributed by atoms with Crippen LogP contribution in [0.2, 0.25) is 0 Å². The van der Waals surface area contributed by atoms with Gasteiger partial charge in [-0.3, -0.25) is 9.78 Å². The predicted octanol–water partition coefficient (Wildman–Crippen LogP) is 1.57. The molecule has 0 fully saturated rings. The zero-order valence-corrected chi connectivity index (χ0v) is 10.6. The summed E-state index contributed by atoms with van der Waals surface area (Å²) in [6.45, 7) is 0. The number of amides is 1. The maximum absolute atomic E-state index is 12.2. The first-order valence-electron chi connectivity index (χ1n) is 5.82. The van der Waals surface area contributed by atoms with E-state index in [4.69, 9.17) is 5.73 Å². The number of pyridine rings is 1. The SMILES string of the molecule is CN(C(=O)Cc1ccccc1O)c1ccncc1N. The smallest absolute Gasteiger partial charge is 0.231 e. The number of hydrogen-bond donors (Lipinski definition) is 2. The van der Waals surface area contributed by atoms with Gasteiger partial charge in [-0.05, 0) is 12.1 Å². The highest BCUT2D eigenvalue weighted by molar-refractivity contribution is 5.97. The number of aromatic hydroxyl groups is 1. The van der Waals surface area contributed by atoms with Crippen LogP contribution in [0.25, 0.3) is 0 Å². The molecule has 0 saturated heterocycles. The number of para-hydroxylation sites is 1. The van der Waals surface area contributed by atoms with Crippen LogP contribution in [-0.2, 0) is 11.2 Å². The van der Waals surface area contributed by atoms with Crippen molar-refractivity contribution in [3.63, 3.8) is 0 Å². The number of phenols is 1. The van der Waals surface area contributed by atoms with Gasteiger partial charge < -0.3 is 15.7 Å². The van der Waals surface area contributed by atoms with Crippen LogP contribution in [0.5, 0.6) is 5.75 Å². The predicted molar refractivity (Wildman–Crippen MR) is 73.9 cm³/mol. The zero-order chi connectivity index (χ0) is 13.8. The molecule has 1 aromatic heterocycles. The third-order valence-corrected chi connectivity index (χ3v) is 2.90. The van der Waals surface area contributed by atoms with Gasteiger partial charge in [-0.25, -0.2) is 0 Å². The molecule has 2 rings (SSSR count). The number of benzene rings is 1. The molecule has 0 aliphatic carbocycles. The average Bonchev–Trinajstić information content (AvgIpc) is 2.41. The fourth-order valence-corrected chi connectivity index (χ4v) is 1.78. The molecule has 98 valence electrons. The van der Waals surface area contributed by atoms with E-state index in [0.29, 0.717) is 16.9 Å². The highest BCUT2D eigenvalue weighted by Gasteiger charge is 2.15. The van der Waals surface area contributed by atoms with Gasteiger partial charge in [-0.15, -0.1) is 0 Å². The van der Waals surface area contributed by atoms with Crippen LogP contribution < -0.4 is 10.6 Å². The molecular formula is C14H15N3O2. The molecule has 0 radical (unpaired) electrons. The van der Waals surface area contributed by atoms with Crippen LogP contribution in [0.15, 0.2) is 42.7 Å². The maximum atomic E-state index is 12.2. The number of phenolic OH excluding ortho intramolecular Hbond substituents is 1. The lowest BCUT2D eigenvalue weighted by atomic mass is 10.1. The van der Waals surface area contributed by atoms with Crippen molar-refractivity contribution < 1.29 is 9.90 Å². The molecule has 5 nitrogen and oxygen atoms in total. The van der Waals surface area contributed by atoms with Gasteiger partial charge in [0.1, 0.15) is 5.75 Å². The van der Waals surface area contributed by atoms with Gasteiger partial charge in [-0.1, -0.05) is 18.2 Å². The number of nitrogens with zero attached hydrogens (tertiary/aromatic N) is 2. The zero-order valence-electron chi connectivity index (χ0n) is 10.6. The monoisotopic (exact) mass is 257 g/mol. The van der Waals surface area contributed by atoms with E-state index < -0.39 is 0 Å². The lowest BCUT2D eigenvalue weighted by molar-refractivity contribution is -0.117. The summed E-state index contributed by atoms with van der Waals surface area (Å²) in [5.41, 5.74) is 7.41. The van der Waals surface area contributed by atoms with Crippen molar-refractivity contribution in [2.75, 3.05) is 17.7 Å². The number of aromatic nitrogens is 1. The second-order valence-corrected chi connectivity index (χ2v) is 4.19. The molecule has 0 spiro atoms. The first kappa shape index (κ1) is 12.9. The molecule has 3 N–H and O–H groups in total. The first-order chi connectivity index (χ1) is 9.09. The topological polar surface area (TPSA) is 79.5 Å². The van der Waals surface area contributed by atoms with E-state index >= 15 is 0 Å². The Kier molecular flexibility index (Phi) is 3.66. The van der Waals surface area contributed by atoms with Crippen LogP contribution >= 0.6 is 0 Å². The molecule has 0 saturated carbocycles. The Labute approximate surface area is 111 Å². The summed E-state index contributed by atoms with van der Waals surface area (Å²) in [7, 11) is 1.65. The Morgan fingerprint density at radius 2 is 2.11 bits per heavy atom. The van der Waals surface area contributed by atoms with Crippen molar-refractivity contribution in [2.45, 2.75) is 6.42 Å². The standard InChI is InChI=1S/C14H15N3O2/c1-17(12-6-7-16-9-11(12)15)14(19)8-10-4-2-3-5-13(10)18/h2-7,9,18H,8,15H2,1H3. The summed E-state index contributed by atoms with van der Waals surface area (Å²) in [4.78, 5) is 17.5. The molecule has 19 heavy (non-hydrogen) atoms. The maximum Gasteiger partial charge on any atom is 0.231 e. The third-order valence-electron chi connectivity index (χ3n) is 2.90. The Hall–Kier alpha value is -2.56. The molecule has 1 aromatic carbocycles. The number of likely N-dealkylation sites (N-methyl/N-ethyl adjacent to an activating group) is 1. The van der Waals surface area contributed by atoms with E-state index in [1.54, 1.807) is 43.6 Å². The normalized spacial score (nSPS) is 10.2. The number of carbonyl (C=O) groups is 1. The molecule has 1 heterocycles. The highest BCUT2D eigenvalue weighted by Crippen LogP contribution is 2.22. The summed E-state index contributed by atoms with van der Waals surface area (Å²) < 4.78 is 0. The number of anilines is 2. The van der Waals surface area contributed by atoms with Crippen molar-refractivity contribution >= 4 is 17.3 Å². The van der Waals surface area contributed by atoms with E-state index in [0.717, 1.165) is 0 Å². The summed E-state index contributed by atoms with van der Waals surface area (Å²) in [6.07, 6.45) is 3.19. The summed E-state index contributed by atoms with van der Waals surface area (Å²) in [5.74, 6) is -0.0358. The van der Waals surface area contributed by atoms with Crippen molar-refractivity contribution in [2.24, 2.45) is 0 Å². The van der Waals surface area contributed by atoms with Crippen molar-refractivity contribution in [3.8, 4) is 5.75 Å². The first-order valence-corrected chi connectivity index (χ1v) is 5.82. The molecular weight excluding hydrogens is 242 g/mol. The number of nitrogens with two attached hydrogens (primary N) is 1. The van der Waals surface area contributed by atoms with Gasteiger partial charge in [0, 0.05) is 18.8 Å². The lowest BCUT2D eigenvalue weighted by Crippen LogP contribution is -2.28. The quantitative estimate of drug-likeness (QED) is 0.874. The van der Waals surface area contributed by atoms with Crippen molar-refractivity contribution in [1.29, 1.82) is 0 Å². The van der Waals surface area contributed by atoms with Gasteiger partial charge in [0.05, 0.1) is 24.0 Å². The van der Waals surface area contributed by atoms with E-state index in [2.05, 4.69) is 4.98 Å². The summed E-state index contributed by atoms with van der Waals surface area (Å²) in [6, 6.07) is 8.45. The largest absolute Gasteiger partial charge is 0.508 e. The summed E-state index contributed by atoms with van der Waals surface area (Å²) >= 11 is 0. The van der Waals surface area contributed by atoms with Crippen molar-refractivity contribution in [3.05, 3.63) is 48.3 Å². The lowest BCUT2D eigenvalue weighted by Gasteiger charge is -2.19. The molecule has 0 atom stereocenters. The van der Waals surface area contributed by atoms with E-state index in [9.17, 15) is 9.90 Å². The van der Waals surface area contributed by atoms with Crippen LogP contribution in [0.1, 0.15) is 5.56 Å². The van der Waals surface area contributed by atoms with E-state index in [1.807, 2.05) is 0 Å². The van der Waals surface area contributed by atoms with Crippen LogP contribution in [0.3, 0.4) is 0 Å². The molecule has 0 unspecified atom stereocenters. The molecule has 5 heteroatoms. The second kappa shape index (κ2) is 5.39. The fraction of sp³-hybridized carbons (Fsp3) is 0.143. The number of nitrogen functional groups attached to an aromatic ring is 1. The third kappa shape index (κ3) is 2.82. The second-order valence-electron chi connectivity index (χ2n) is 4.19. The molecule has 0 bridgehead atoms. The summed E-state index contributed by atoms with van der Waals surface area (Å²) in [5, 5.41) is 9.66. The van der Waals surface area contributed by atoms with Gasteiger partial charge in [0.15, 0.2) is 0 Å². The van der Waals surface area contributed by atoms with Crippen LogP contribution in [-0.4, -0.2) is 23.0 Å². The molecule has 0 aliphatic rings. The molecule has 1 amide bonds. The average molecular weight is 257 g/mol. The fourth-order valence-electron chi connectivity index (χ4n) is 1.78. The number of carbonyl (C=O) groups excluding carboxylic acids is 1. The van der Waals surface area contributed by atoms with Crippen LogP contribution in [0, 0.1) is 0 Å². The van der Waals surface area contributed by atoms with Gasteiger partial charge in [0.25, 0.3) is 0 Å².